The Labute approximate surface area is 131 Å². The molecule has 21 heavy (non-hydrogen) atoms. The fourth-order valence-corrected chi connectivity index (χ4v) is 6.41. The third-order valence-corrected chi connectivity index (χ3v) is 7.57. The van der Waals surface area contributed by atoms with Crippen LogP contribution in [0.2, 0.25) is 0 Å². The number of hydrogen-bond donors (Lipinski definition) is 1. The lowest BCUT2D eigenvalue weighted by Gasteiger charge is -2.44. The molecule has 6 atom stereocenters. The van der Waals surface area contributed by atoms with E-state index in [2.05, 4.69) is 40.7 Å². The van der Waals surface area contributed by atoms with Crippen LogP contribution in [0.4, 0.5) is 0 Å². The van der Waals surface area contributed by atoms with Crippen LogP contribution in [0, 0.1) is 35.0 Å². The van der Waals surface area contributed by atoms with Crippen molar-refractivity contribution in [2.24, 2.45) is 35.0 Å². The number of fused-ring (bicyclic) bond motifs is 3. The molecule has 0 heterocycles. The Morgan fingerprint density at radius 1 is 1.14 bits per heavy atom. The topological polar surface area (TPSA) is 20.2 Å². The highest BCUT2D eigenvalue weighted by atomic mass is 16.3. The molecule has 1 heteroatoms. The number of allylic oxidation sites excluding steroid dienone is 2. The van der Waals surface area contributed by atoms with E-state index in [1.54, 1.807) is 5.57 Å². The monoisotopic (exact) mass is 290 g/mol. The first-order valence-electron chi connectivity index (χ1n) is 9.13. The summed E-state index contributed by atoms with van der Waals surface area (Å²) in [7, 11) is 0. The zero-order valence-corrected chi connectivity index (χ0v) is 14.7. The van der Waals surface area contributed by atoms with Crippen LogP contribution in [-0.4, -0.2) is 10.7 Å². The molecular formula is C20H34O. The summed E-state index contributed by atoms with van der Waals surface area (Å²) in [5.41, 5.74) is 1.55. The molecule has 3 rings (SSSR count). The molecule has 0 aromatic carbocycles. The highest BCUT2D eigenvalue weighted by Crippen LogP contribution is 2.62. The maximum Gasteiger partial charge on any atom is 0.0653 e. The van der Waals surface area contributed by atoms with Gasteiger partial charge in [0.1, 0.15) is 0 Å². The summed E-state index contributed by atoms with van der Waals surface area (Å²) < 4.78 is 0. The van der Waals surface area contributed by atoms with Crippen LogP contribution in [0.5, 0.6) is 0 Å². The Morgan fingerprint density at radius 2 is 1.86 bits per heavy atom. The molecule has 0 bridgehead atoms. The molecule has 2 fully saturated rings. The summed E-state index contributed by atoms with van der Waals surface area (Å²) in [6.07, 6.45) is 9.75. The minimum Gasteiger partial charge on any atom is -0.390 e. The van der Waals surface area contributed by atoms with Crippen molar-refractivity contribution in [1.29, 1.82) is 0 Å². The second kappa shape index (κ2) is 5.11. The smallest absolute Gasteiger partial charge is 0.0653 e. The summed E-state index contributed by atoms with van der Waals surface area (Å²) in [5.74, 6) is 3.65. The third kappa shape index (κ3) is 2.40. The lowest BCUT2D eigenvalue weighted by molar-refractivity contribution is -0.0358. The van der Waals surface area contributed by atoms with Crippen molar-refractivity contribution in [1.82, 2.24) is 0 Å². The van der Waals surface area contributed by atoms with Gasteiger partial charge in [0.25, 0.3) is 0 Å². The first-order valence-corrected chi connectivity index (χ1v) is 9.13. The summed E-state index contributed by atoms with van der Waals surface area (Å²) in [6.45, 7) is 11.8. The van der Waals surface area contributed by atoms with Crippen LogP contribution in [0.15, 0.2) is 11.6 Å². The Morgan fingerprint density at radius 3 is 2.52 bits per heavy atom. The fraction of sp³-hybridized carbons (Fsp3) is 0.900. The van der Waals surface area contributed by atoms with E-state index in [9.17, 15) is 5.11 Å². The van der Waals surface area contributed by atoms with E-state index >= 15 is 0 Å². The second-order valence-electron chi connectivity index (χ2n) is 9.16. The molecule has 3 aliphatic rings. The predicted octanol–water partition coefficient (Wildman–Crippen LogP) is 5.19. The van der Waals surface area contributed by atoms with Gasteiger partial charge in [-0.05, 0) is 87.4 Å². The van der Waals surface area contributed by atoms with E-state index in [1.807, 2.05) is 0 Å². The van der Waals surface area contributed by atoms with Gasteiger partial charge >= 0.3 is 0 Å². The number of aliphatic hydroxyl groups is 1. The molecule has 2 saturated carbocycles. The molecule has 1 nitrogen and oxygen atoms in total. The second-order valence-corrected chi connectivity index (χ2v) is 9.16. The van der Waals surface area contributed by atoms with Crippen molar-refractivity contribution in [2.75, 3.05) is 0 Å². The molecule has 0 aromatic heterocycles. The summed E-state index contributed by atoms with van der Waals surface area (Å²) in [6, 6.07) is 0. The zero-order valence-electron chi connectivity index (χ0n) is 14.7. The molecule has 0 aromatic rings. The maximum absolute atomic E-state index is 11.1. The van der Waals surface area contributed by atoms with Gasteiger partial charge in [-0.15, -0.1) is 0 Å². The van der Waals surface area contributed by atoms with E-state index in [0.717, 1.165) is 30.6 Å². The van der Waals surface area contributed by atoms with E-state index in [0.29, 0.717) is 17.3 Å². The molecule has 1 N–H and O–H groups in total. The maximum atomic E-state index is 11.1. The standard InChI is InChI=1S/C20H34O/c1-13(2)16-8-9-17-15-12-14(3)6-7-18(15)20(5,21)11-10-19(16,17)4/h6,13,15-18,21H,7-12H2,1-5H3/t15-,16-,17-,18+,19+,20-/m1/s1. The fourth-order valence-electron chi connectivity index (χ4n) is 6.41. The van der Waals surface area contributed by atoms with Crippen molar-refractivity contribution < 1.29 is 5.11 Å². The Balaban J connectivity index is 1.99. The highest BCUT2D eigenvalue weighted by molar-refractivity contribution is 5.14. The van der Waals surface area contributed by atoms with Gasteiger partial charge in [0.2, 0.25) is 0 Å². The predicted molar refractivity (Wildman–Crippen MR) is 89.0 cm³/mol. The van der Waals surface area contributed by atoms with E-state index in [1.165, 1.54) is 25.7 Å². The van der Waals surface area contributed by atoms with Gasteiger partial charge < -0.3 is 5.11 Å². The first-order chi connectivity index (χ1) is 9.75. The number of hydrogen-bond acceptors (Lipinski definition) is 1. The van der Waals surface area contributed by atoms with Crippen molar-refractivity contribution in [2.45, 2.75) is 78.7 Å². The van der Waals surface area contributed by atoms with Gasteiger partial charge in [-0.2, -0.15) is 0 Å². The van der Waals surface area contributed by atoms with E-state index in [4.69, 9.17) is 0 Å². The van der Waals surface area contributed by atoms with Crippen molar-refractivity contribution >= 4 is 0 Å². The molecule has 0 unspecified atom stereocenters. The first kappa shape index (κ1) is 15.6. The van der Waals surface area contributed by atoms with Crippen LogP contribution in [0.25, 0.3) is 0 Å². The molecule has 120 valence electrons. The lowest BCUT2D eigenvalue weighted by Crippen LogP contribution is -2.41. The van der Waals surface area contributed by atoms with E-state index in [-0.39, 0.29) is 0 Å². The molecule has 3 aliphatic carbocycles. The van der Waals surface area contributed by atoms with Crippen LogP contribution in [-0.2, 0) is 0 Å². The molecule has 0 amide bonds. The normalized spacial score (nSPS) is 50.3. The minimum absolute atomic E-state index is 0.454. The Hall–Kier alpha value is -0.300. The van der Waals surface area contributed by atoms with Gasteiger partial charge in [0, 0.05) is 0 Å². The van der Waals surface area contributed by atoms with Crippen LogP contribution in [0.1, 0.15) is 73.1 Å². The molecule has 0 saturated heterocycles. The van der Waals surface area contributed by atoms with Crippen molar-refractivity contribution in [3.8, 4) is 0 Å². The van der Waals surface area contributed by atoms with Gasteiger partial charge in [0.15, 0.2) is 0 Å². The zero-order chi connectivity index (χ0) is 15.4. The average Bonchev–Trinajstić information content (AvgIpc) is 2.70. The van der Waals surface area contributed by atoms with Gasteiger partial charge in [-0.3, -0.25) is 0 Å². The molecule has 0 aliphatic heterocycles. The summed E-state index contributed by atoms with van der Waals surface area (Å²) in [5, 5.41) is 11.1. The van der Waals surface area contributed by atoms with Crippen molar-refractivity contribution in [3.63, 3.8) is 0 Å². The van der Waals surface area contributed by atoms with E-state index < -0.39 is 5.60 Å². The highest BCUT2D eigenvalue weighted by Gasteiger charge is 2.56. The van der Waals surface area contributed by atoms with Crippen LogP contribution >= 0.6 is 0 Å². The molecule has 0 spiro atoms. The Bertz CT molecular complexity index is 433. The minimum atomic E-state index is -0.462. The SMILES string of the molecule is CC1=CC[C@H]2[C@H](C1)[C@H]1CC[C@H](C(C)C)[C@]1(C)CC[C@@]2(C)O. The largest absolute Gasteiger partial charge is 0.390 e. The molecular weight excluding hydrogens is 256 g/mol. The van der Waals surface area contributed by atoms with Gasteiger partial charge in [-0.1, -0.05) is 32.4 Å². The van der Waals surface area contributed by atoms with Crippen LogP contribution in [0.3, 0.4) is 0 Å². The van der Waals surface area contributed by atoms with Crippen LogP contribution < -0.4 is 0 Å². The summed E-state index contributed by atoms with van der Waals surface area (Å²) in [4.78, 5) is 0. The lowest BCUT2D eigenvalue weighted by atomic mass is 9.61. The number of rotatable bonds is 1. The molecule has 0 radical (unpaired) electrons. The third-order valence-electron chi connectivity index (χ3n) is 7.57. The van der Waals surface area contributed by atoms with Crippen molar-refractivity contribution in [3.05, 3.63) is 11.6 Å². The quantitative estimate of drug-likeness (QED) is 0.659. The summed E-state index contributed by atoms with van der Waals surface area (Å²) >= 11 is 0. The van der Waals surface area contributed by atoms with Gasteiger partial charge in [-0.25, -0.2) is 0 Å². The Kier molecular flexibility index (Phi) is 3.80. The van der Waals surface area contributed by atoms with Gasteiger partial charge in [0.05, 0.1) is 5.60 Å². The average molecular weight is 290 g/mol.